The van der Waals surface area contributed by atoms with E-state index in [1.165, 1.54) is 20.8 Å². The van der Waals surface area contributed by atoms with Gasteiger partial charge in [0, 0.05) is 37.8 Å². The predicted octanol–water partition coefficient (Wildman–Crippen LogP) is 3.66. The van der Waals surface area contributed by atoms with E-state index in [1.54, 1.807) is 6.07 Å². The number of epoxide rings is 1. The van der Waals surface area contributed by atoms with Crippen molar-refractivity contribution in [1.82, 2.24) is 0 Å². The highest BCUT2D eigenvalue weighted by Gasteiger charge is 2.79. The molecule has 7 heteroatoms. The minimum absolute atomic E-state index is 0.0224. The van der Waals surface area contributed by atoms with Crippen molar-refractivity contribution in [3.05, 3.63) is 23.3 Å². The van der Waals surface area contributed by atoms with E-state index in [0.29, 0.717) is 23.3 Å². The van der Waals surface area contributed by atoms with Gasteiger partial charge in [-0.1, -0.05) is 6.92 Å². The van der Waals surface area contributed by atoms with Gasteiger partial charge in [-0.25, -0.2) is 0 Å². The first kappa shape index (κ1) is 20.5. The molecule has 0 N–H and O–H groups in total. The number of fused-ring (bicyclic) bond motifs is 7. The molecule has 4 aliphatic rings. The van der Waals surface area contributed by atoms with Crippen molar-refractivity contribution < 1.29 is 33.3 Å². The Morgan fingerprint density at radius 2 is 1.77 bits per heavy atom. The van der Waals surface area contributed by atoms with Crippen molar-refractivity contribution in [3.63, 3.8) is 0 Å². The van der Waals surface area contributed by atoms with Crippen LogP contribution in [0, 0.1) is 17.3 Å². The second kappa shape index (κ2) is 6.79. The van der Waals surface area contributed by atoms with Crippen LogP contribution in [0.1, 0.15) is 70.4 Å². The average molecular weight is 428 g/mol. The minimum Gasteiger partial charge on any atom is -0.430 e. The van der Waals surface area contributed by atoms with Crippen molar-refractivity contribution in [3.8, 4) is 11.5 Å². The third-order valence-corrected chi connectivity index (χ3v) is 7.90. The molecule has 3 fully saturated rings. The molecule has 0 unspecified atom stereocenters. The van der Waals surface area contributed by atoms with Gasteiger partial charge in [0.25, 0.3) is 0 Å². The summed E-state index contributed by atoms with van der Waals surface area (Å²) in [6.07, 6.45) is 4.43. The van der Waals surface area contributed by atoms with Gasteiger partial charge in [0.15, 0.2) is 0 Å². The molecular formula is C24H28O7. The van der Waals surface area contributed by atoms with Gasteiger partial charge in [-0.2, -0.15) is 0 Å². The average Bonchev–Trinajstić information content (AvgIpc) is 3.29. The molecule has 31 heavy (non-hydrogen) atoms. The molecule has 6 atom stereocenters. The molecule has 1 aromatic carbocycles. The second-order valence-corrected chi connectivity index (χ2v) is 9.66. The van der Waals surface area contributed by atoms with Gasteiger partial charge >= 0.3 is 17.9 Å². The number of benzene rings is 1. The standard InChI is InChI=1S/C24H28O7/c1-12(25)28-16-9-15-5-6-17-18(22(15)20(10-16)29-13(2)26)7-8-23(4)19(17)11-21-24(23,31-21)30-14(3)27/h9-10,17-19,21H,5-8,11H2,1-4H3/t17-,18-,19-,21+,23-,24-/m0/s1. The van der Waals surface area contributed by atoms with E-state index >= 15 is 0 Å². The van der Waals surface area contributed by atoms with Crippen molar-refractivity contribution >= 4 is 17.9 Å². The smallest absolute Gasteiger partial charge is 0.308 e. The summed E-state index contributed by atoms with van der Waals surface area (Å²) >= 11 is 0. The Balaban J connectivity index is 1.51. The van der Waals surface area contributed by atoms with Crippen LogP contribution < -0.4 is 9.47 Å². The molecule has 3 aliphatic carbocycles. The van der Waals surface area contributed by atoms with Gasteiger partial charge in [0.1, 0.15) is 17.6 Å². The molecule has 0 radical (unpaired) electrons. The van der Waals surface area contributed by atoms with Crippen molar-refractivity contribution in [2.24, 2.45) is 17.3 Å². The number of hydrogen-bond acceptors (Lipinski definition) is 7. The van der Waals surface area contributed by atoms with E-state index in [-0.39, 0.29) is 23.4 Å². The van der Waals surface area contributed by atoms with Gasteiger partial charge < -0.3 is 18.9 Å². The van der Waals surface area contributed by atoms with Crippen LogP contribution >= 0.6 is 0 Å². The predicted molar refractivity (Wildman–Crippen MR) is 108 cm³/mol. The number of carbonyl (C=O) groups excluding carboxylic acids is 3. The van der Waals surface area contributed by atoms with Gasteiger partial charge in [0.2, 0.25) is 5.79 Å². The van der Waals surface area contributed by atoms with Crippen LogP contribution in [-0.4, -0.2) is 29.8 Å². The summed E-state index contributed by atoms with van der Waals surface area (Å²) in [7, 11) is 0. The van der Waals surface area contributed by atoms with Crippen LogP contribution in [0.2, 0.25) is 0 Å². The molecule has 1 aromatic rings. The summed E-state index contributed by atoms with van der Waals surface area (Å²) < 4.78 is 22.6. The lowest BCUT2D eigenvalue weighted by Gasteiger charge is -2.51. The largest absolute Gasteiger partial charge is 0.430 e. The summed E-state index contributed by atoms with van der Waals surface area (Å²) in [6.45, 7) is 6.39. The third kappa shape index (κ3) is 3.00. The minimum atomic E-state index is -0.771. The van der Waals surface area contributed by atoms with Crippen molar-refractivity contribution in [2.45, 2.75) is 77.6 Å². The molecular weight excluding hydrogens is 400 g/mol. The maximum atomic E-state index is 11.8. The quantitative estimate of drug-likeness (QED) is 0.412. The van der Waals surface area contributed by atoms with E-state index in [4.69, 9.17) is 18.9 Å². The molecule has 7 nitrogen and oxygen atoms in total. The van der Waals surface area contributed by atoms with E-state index in [0.717, 1.165) is 43.2 Å². The van der Waals surface area contributed by atoms with Gasteiger partial charge in [-0.15, -0.1) is 0 Å². The first-order valence-electron chi connectivity index (χ1n) is 11.1. The molecule has 5 rings (SSSR count). The Bertz CT molecular complexity index is 984. The zero-order valence-corrected chi connectivity index (χ0v) is 18.4. The highest BCUT2D eigenvalue weighted by Crippen LogP contribution is 2.72. The van der Waals surface area contributed by atoms with Crippen LogP contribution in [-0.2, 0) is 30.3 Å². The summed E-state index contributed by atoms with van der Waals surface area (Å²) in [4.78, 5) is 35.1. The van der Waals surface area contributed by atoms with E-state index in [2.05, 4.69) is 6.92 Å². The number of esters is 3. The van der Waals surface area contributed by atoms with Crippen LogP contribution in [0.25, 0.3) is 0 Å². The molecule has 1 saturated heterocycles. The van der Waals surface area contributed by atoms with Crippen molar-refractivity contribution in [2.75, 3.05) is 0 Å². The highest BCUT2D eigenvalue weighted by molar-refractivity contribution is 5.72. The molecule has 166 valence electrons. The summed E-state index contributed by atoms with van der Waals surface area (Å²) in [5, 5.41) is 0. The Morgan fingerprint density at radius 3 is 2.45 bits per heavy atom. The summed E-state index contributed by atoms with van der Waals surface area (Å²) in [6, 6.07) is 3.57. The third-order valence-electron chi connectivity index (χ3n) is 7.90. The Morgan fingerprint density at radius 1 is 1.03 bits per heavy atom. The number of carbonyl (C=O) groups is 3. The highest BCUT2D eigenvalue weighted by atomic mass is 16.8. The SMILES string of the molecule is CC(=O)Oc1cc2c(c(OC(C)=O)c1)[C@H]1CC[C@@]3(C)[C@@H](C[C@H]4O[C@@]43OC(C)=O)[C@H]1CC2. The maximum Gasteiger partial charge on any atom is 0.308 e. The number of aryl methyl sites for hydroxylation is 1. The lowest BCUT2D eigenvalue weighted by molar-refractivity contribution is -0.185. The number of hydrogen-bond donors (Lipinski definition) is 0. The van der Waals surface area contributed by atoms with Crippen LogP contribution in [0.5, 0.6) is 11.5 Å². The Hall–Kier alpha value is -2.41. The van der Waals surface area contributed by atoms with Crippen LogP contribution in [0.15, 0.2) is 12.1 Å². The second-order valence-electron chi connectivity index (χ2n) is 9.66. The van der Waals surface area contributed by atoms with E-state index in [1.807, 2.05) is 6.07 Å². The topological polar surface area (TPSA) is 91.4 Å². The Labute approximate surface area is 181 Å². The van der Waals surface area contributed by atoms with Crippen LogP contribution in [0.3, 0.4) is 0 Å². The Kier molecular flexibility index (Phi) is 4.49. The summed E-state index contributed by atoms with van der Waals surface area (Å²) in [5.41, 5.74) is 1.93. The molecule has 2 saturated carbocycles. The van der Waals surface area contributed by atoms with Crippen LogP contribution in [0.4, 0.5) is 0 Å². The fourth-order valence-corrected chi connectivity index (χ4v) is 6.84. The summed E-state index contributed by atoms with van der Waals surface area (Å²) in [5.74, 6) is 0.0441. The number of ether oxygens (including phenoxy) is 4. The lowest BCUT2D eigenvalue weighted by atomic mass is 9.55. The zero-order chi connectivity index (χ0) is 22.1. The van der Waals surface area contributed by atoms with Gasteiger partial charge in [-0.05, 0) is 61.5 Å². The van der Waals surface area contributed by atoms with Gasteiger partial charge in [-0.3, -0.25) is 14.4 Å². The molecule has 0 amide bonds. The first-order chi connectivity index (χ1) is 14.6. The molecule has 0 aromatic heterocycles. The zero-order valence-electron chi connectivity index (χ0n) is 18.4. The molecule has 0 bridgehead atoms. The normalized spacial score (nSPS) is 36.9. The molecule has 1 heterocycles. The first-order valence-corrected chi connectivity index (χ1v) is 11.1. The molecule has 0 spiro atoms. The van der Waals surface area contributed by atoms with E-state index in [9.17, 15) is 14.4 Å². The fourth-order valence-electron chi connectivity index (χ4n) is 6.84. The number of rotatable bonds is 3. The monoisotopic (exact) mass is 428 g/mol. The van der Waals surface area contributed by atoms with Gasteiger partial charge in [0.05, 0.1) is 0 Å². The van der Waals surface area contributed by atoms with E-state index < -0.39 is 17.7 Å². The maximum absolute atomic E-state index is 11.8. The van der Waals surface area contributed by atoms with Crippen molar-refractivity contribution in [1.29, 1.82) is 0 Å². The fraction of sp³-hybridized carbons (Fsp3) is 0.625. The lowest BCUT2D eigenvalue weighted by Crippen LogP contribution is -2.48. The molecule has 1 aliphatic heterocycles.